The summed E-state index contributed by atoms with van der Waals surface area (Å²) in [4.78, 5) is 31.7. The number of hydrogen-bond donors (Lipinski definition) is 1. The van der Waals surface area contributed by atoms with E-state index in [0.29, 0.717) is 16.8 Å². The van der Waals surface area contributed by atoms with Crippen LogP contribution in [0.3, 0.4) is 0 Å². The van der Waals surface area contributed by atoms with E-state index >= 15 is 0 Å². The first kappa shape index (κ1) is 17.2. The van der Waals surface area contributed by atoms with Crippen LogP contribution in [0.25, 0.3) is 11.4 Å². The lowest BCUT2D eigenvalue weighted by Gasteiger charge is -2.03. The molecule has 0 unspecified atom stereocenters. The Kier molecular flexibility index (Phi) is 5.51. The van der Waals surface area contributed by atoms with Gasteiger partial charge in [0.1, 0.15) is 0 Å². The van der Waals surface area contributed by atoms with Gasteiger partial charge in [-0.25, -0.2) is 4.98 Å². The van der Waals surface area contributed by atoms with Crippen molar-refractivity contribution >= 4 is 39.7 Å². The summed E-state index contributed by atoms with van der Waals surface area (Å²) in [6, 6.07) is 1.89. The van der Waals surface area contributed by atoms with Gasteiger partial charge in [0.2, 0.25) is 11.7 Å². The van der Waals surface area contributed by atoms with Crippen LogP contribution in [-0.2, 0) is 20.7 Å². The Bertz CT molecular complexity index is 857. The molecule has 8 nitrogen and oxygen atoms in total. The molecular formula is C15H14N4O4S2. The second kappa shape index (κ2) is 7.99. The molecule has 0 spiro atoms. The molecule has 1 N–H and O–H groups in total. The lowest BCUT2D eigenvalue weighted by molar-refractivity contribution is -0.147. The highest BCUT2D eigenvalue weighted by Crippen LogP contribution is 2.19. The summed E-state index contributed by atoms with van der Waals surface area (Å²) in [7, 11) is 0. The Morgan fingerprint density at radius 1 is 1.32 bits per heavy atom. The molecule has 0 saturated heterocycles. The van der Waals surface area contributed by atoms with Gasteiger partial charge < -0.3 is 9.26 Å². The van der Waals surface area contributed by atoms with Gasteiger partial charge in [0, 0.05) is 22.7 Å². The summed E-state index contributed by atoms with van der Waals surface area (Å²) in [5.74, 6) is -0.107. The first-order valence-electron chi connectivity index (χ1n) is 7.33. The Labute approximate surface area is 150 Å². The highest BCUT2D eigenvalue weighted by molar-refractivity contribution is 7.13. The lowest BCUT2D eigenvalue weighted by Crippen LogP contribution is -2.21. The molecule has 0 aliphatic rings. The normalized spacial score (nSPS) is 10.6. The number of anilines is 1. The summed E-state index contributed by atoms with van der Waals surface area (Å²) < 4.78 is 10.0. The molecule has 3 rings (SSSR count). The number of thiazole rings is 1. The molecule has 1 amide bonds. The van der Waals surface area contributed by atoms with E-state index in [-0.39, 0.29) is 19.4 Å². The minimum absolute atomic E-state index is 0.0505. The van der Waals surface area contributed by atoms with E-state index in [1.54, 1.807) is 0 Å². The number of thiophene rings is 1. The average molecular weight is 378 g/mol. The van der Waals surface area contributed by atoms with Crippen LogP contribution in [0.15, 0.2) is 26.7 Å². The van der Waals surface area contributed by atoms with E-state index in [2.05, 4.69) is 20.4 Å². The molecule has 0 atom stereocenters. The zero-order valence-electron chi connectivity index (χ0n) is 13.2. The summed E-state index contributed by atoms with van der Waals surface area (Å²) in [6.07, 6.45) is 0.304. The van der Waals surface area contributed by atoms with Gasteiger partial charge in [-0.1, -0.05) is 5.16 Å². The molecule has 0 aliphatic heterocycles. The SMILES string of the molecule is Cc1csc(NC(=O)COC(=O)CCc2nc(-c3ccsc3)no2)n1. The first-order chi connectivity index (χ1) is 12.1. The Hall–Kier alpha value is -2.59. The van der Waals surface area contributed by atoms with E-state index in [1.165, 1.54) is 22.7 Å². The minimum Gasteiger partial charge on any atom is -0.456 e. The summed E-state index contributed by atoms with van der Waals surface area (Å²) in [5, 5.41) is 12.5. The van der Waals surface area contributed by atoms with Crippen molar-refractivity contribution in [2.24, 2.45) is 0 Å². The molecule has 0 aliphatic carbocycles. The largest absolute Gasteiger partial charge is 0.456 e. The maximum atomic E-state index is 11.7. The fourth-order valence-corrected chi connectivity index (χ4v) is 3.20. The molecule has 25 heavy (non-hydrogen) atoms. The topological polar surface area (TPSA) is 107 Å². The van der Waals surface area contributed by atoms with Crippen molar-refractivity contribution in [3.63, 3.8) is 0 Å². The second-order valence-corrected chi connectivity index (χ2v) is 6.66. The number of nitrogens with zero attached hydrogens (tertiary/aromatic N) is 3. The molecule has 10 heteroatoms. The molecule has 3 aromatic heterocycles. The fraction of sp³-hybridized carbons (Fsp3) is 0.267. The molecule has 3 heterocycles. The standard InChI is InChI=1S/C15H14N4O4S2/c1-9-7-25-15(16-9)17-11(20)6-22-13(21)3-2-12-18-14(19-23-12)10-4-5-24-8-10/h4-5,7-8H,2-3,6H2,1H3,(H,16,17,20). The van der Waals surface area contributed by atoms with Crippen LogP contribution < -0.4 is 5.32 Å². The highest BCUT2D eigenvalue weighted by atomic mass is 32.1. The van der Waals surface area contributed by atoms with Crippen molar-refractivity contribution in [2.45, 2.75) is 19.8 Å². The molecule has 0 fully saturated rings. The monoisotopic (exact) mass is 378 g/mol. The molecule has 0 bridgehead atoms. The van der Waals surface area contributed by atoms with Gasteiger partial charge in [0.15, 0.2) is 11.7 Å². The Morgan fingerprint density at radius 3 is 2.92 bits per heavy atom. The van der Waals surface area contributed by atoms with Crippen LogP contribution >= 0.6 is 22.7 Å². The highest BCUT2D eigenvalue weighted by Gasteiger charge is 2.13. The van der Waals surface area contributed by atoms with E-state index < -0.39 is 11.9 Å². The number of aromatic nitrogens is 3. The predicted molar refractivity (Wildman–Crippen MR) is 92.4 cm³/mol. The molecular weight excluding hydrogens is 364 g/mol. The van der Waals surface area contributed by atoms with Gasteiger partial charge in [-0.15, -0.1) is 11.3 Å². The van der Waals surface area contributed by atoms with Crippen molar-refractivity contribution in [1.82, 2.24) is 15.1 Å². The van der Waals surface area contributed by atoms with Gasteiger partial charge in [-0.2, -0.15) is 16.3 Å². The van der Waals surface area contributed by atoms with Gasteiger partial charge in [-0.3, -0.25) is 14.9 Å². The Morgan fingerprint density at radius 2 is 2.20 bits per heavy atom. The number of hydrogen-bond acceptors (Lipinski definition) is 9. The molecule has 130 valence electrons. The average Bonchev–Trinajstić information content (AvgIpc) is 3.32. The maximum Gasteiger partial charge on any atom is 0.306 e. The summed E-state index contributed by atoms with van der Waals surface area (Å²) >= 11 is 2.85. The molecule has 3 aromatic rings. The van der Waals surface area contributed by atoms with Crippen LogP contribution in [0.2, 0.25) is 0 Å². The summed E-state index contributed by atoms with van der Waals surface area (Å²) in [6.45, 7) is 1.47. The third kappa shape index (κ3) is 4.94. The summed E-state index contributed by atoms with van der Waals surface area (Å²) in [5.41, 5.74) is 1.69. The smallest absolute Gasteiger partial charge is 0.306 e. The van der Waals surface area contributed by atoms with Crippen molar-refractivity contribution in [1.29, 1.82) is 0 Å². The third-order valence-electron chi connectivity index (χ3n) is 3.02. The number of amides is 1. The fourth-order valence-electron chi connectivity index (χ4n) is 1.86. The van der Waals surface area contributed by atoms with E-state index in [9.17, 15) is 9.59 Å². The van der Waals surface area contributed by atoms with Gasteiger partial charge in [-0.05, 0) is 18.4 Å². The van der Waals surface area contributed by atoms with Crippen LogP contribution in [0.4, 0.5) is 5.13 Å². The molecule has 0 aromatic carbocycles. The van der Waals surface area contributed by atoms with E-state index in [4.69, 9.17) is 9.26 Å². The van der Waals surface area contributed by atoms with Crippen LogP contribution in [0.5, 0.6) is 0 Å². The number of nitrogens with one attached hydrogen (secondary N) is 1. The van der Waals surface area contributed by atoms with Gasteiger partial charge in [0.05, 0.1) is 12.1 Å². The van der Waals surface area contributed by atoms with Crippen molar-refractivity contribution in [3.8, 4) is 11.4 Å². The predicted octanol–water partition coefficient (Wildman–Crippen LogP) is 2.68. The quantitative estimate of drug-likeness (QED) is 0.630. The van der Waals surface area contributed by atoms with Crippen LogP contribution in [-0.4, -0.2) is 33.6 Å². The number of carbonyl (C=O) groups excluding carboxylic acids is 2. The number of carbonyl (C=O) groups is 2. The van der Waals surface area contributed by atoms with Crippen molar-refractivity contribution in [3.05, 3.63) is 33.8 Å². The minimum atomic E-state index is -0.513. The second-order valence-electron chi connectivity index (χ2n) is 5.03. The zero-order chi connectivity index (χ0) is 17.6. The zero-order valence-corrected chi connectivity index (χ0v) is 14.9. The maximum absolute atomic E-state index is 11.7. The van der Waals surface area contributed by atoms with E-state index in [1.807, 2.05) is 29.1 Å². The first-order valence-corrected chi connectivity index (χ1v) is 9.15. The molecule has 0 radical (unpaired) electrons. The molecule has 0 saturated carbocycles. The van der Waals surface area contributed by atoms with Crippen LogP contribution in [0, 0.1) is 6.92 Å². The van der Waals surface area contributed by atoms with Gasteiger partial charge in [0.25, 0.3) is 5.91 Å². The third-order valence-corrected chi connectivity index (χ3v) is 4.58. The van der Waals surface area contributed by atoms with E-state index in [0.717, 1.165) is 11.3 Å². The van der Waals surface area contributed by atoms with Crippen molar-refractivity contribution < 1.29 is 18.8 Å². The lowest BCUT2D eigenvalue weighted by atomic mass is 10.3. The van der Waals surface area contributed by atoms with Crippen molar-refractivity contribution in [2.75, 3.05) is 11.9 Å². The van der Waals surface area contributed by atoms with Gasteiger partial charge >= 0.3 is 5.97 Å². The number of esters is 1. The Balaban J connectivity index is 1.40. The number of ether oxygens (including phenoxy) is 1. The number of aryl methyl sites for hydroxylation is 2. The number of rotatable bonds is 7. The van der Waals surface area contributed by atoms with Crippen LogP contribution in [0.1, 0.15) is 18.0 Å².